The van der Waals surface area contributed by atoms with Crippen LogP contribution in [-0.2, 0) is 0 Å². The van der Waals surface area contributed by atoms with Crippen molar-refractivity contribution in [2.75, 3.05) is 5.32 Å². The Morgan fingerprint density at radius 2 is 1.61 bits per heavy atom. The van der Waals surface area contributed by atoms with Crippen molar-refractivity contribution in [2.24, 2.45) is 0 Å². The van der Waals surface area contributed by atoms with Gasteiger partial charge in [-0.2, -0.15) is 0 Å². The van der Waals surface area contributed by atoms with Crippen molar-refractivity contribution in [3.63, 3.8) is 0 Å². The highest BCUT2D eigenvalue weighted by Gasteiger charge is 2.18. The Kier molecular flexibility index (Phi) is 8.59. The summed E-state index contributed by atoms with van der Waals surface area (Å²) in [4.78, 5) is 35.8. The summed E-state index contributed by atoms with van der Waals surface area (Å²) in [6, 6.07) is 14.9. The molecule has 9 nitrogen and oxygen atoms in total. The van der Waals surface area contributed by atoms with Gasteiger partial charge in [0.15, 0.2) is 11.0 Å². The number of aromatic nitrogens is 5. The number of carbonyl (C=O) groups is 1. The molecule has 41 heavy (non-hydrogen) atoms. The topological polar surface area (TPSA) is 112 Å². The first-order valence-electron chi connectivity index (χ1n) is 13.4. The number of hydrogen-bond donors (Lipinski definition) is 1. The highest BCUT2D eigenvalue weighted by atomic mass is 32.1. The van der Waals surface area contributed by atoms with E-state index in [0.717, 1.165) is 45.9 Å². The van der Waals surface area contributed by atoms with Gasteiger partial charge in [-0.15, -0.1) is 0 Å². The third-order valence-electron chi connectivity index (χ3n) is 6.42. The van der Waals surface area contributed by atoms with Gasteiger partial charge < -0.3 is 9.47 Å². The van der Waals surface area contributed by atoms with Gasteiger partial charge in [0.25, 0.3) is 0 Å². The van der Waals surface area contributed by atoms with Crippen LogP contribution in [0.1, 0.15) is 37.8 Å². The second-order valence-electron chi connectivity index (χ2n) is 9.40. The molecule has 1 N–H and O–H groups in total. The van der Waals surface area contributed by atoms with E-state index in [0.29, 0.717) is 28.1 Å². The summed E-state index contributed by atoms with van der Waals surface area (Å²) in [5.74, 6) is 1.73. The zero-order valence-electron chi connectivity index (χ0n) is 23.3. The average Bonchev–Trinajstić information content (AvgIpc) is 3.44. The first-order valence-corrected chi connectivity index (χ1v) is 14.2. The number of nitrogens with zero attached hydrogens (tertiary/aromatic N) is 5. The van der Waals surface area contributed by atoms with Gasteiger partial charge in [0.2, 0.25) is 0 Å². The number of anilines is 1. The predicted molar refractivity (Wildman–Crippen MR) is 160 cm³/mol. The van der Waals surface area contributed by atoms with Crippen LogP contribution in [0.4, 0.5) is 9.93 Å². The van der Waals surface area contributed by atoms with E-state index in [1.54, 1.807) is 49.1 Å². The fourth-order valence-electron chi connectivity index (χ4n) is 4.43. The molecular formula is C31H30N6O3S. The number of hydrogen-bond acceptors (Lipinski definition) is 9. The van der Waals surface area contributed by atoms with Crippen LogP contribution in [0.25, 0.3) is 33.3 Å². The summed E-state index contributed by atoms with van der Waals surface area (Å²) in [7, 11) is 0. The van der Waals surface area contributed by atoms with E-state index in [4.69, 9.17) is 19.4 Å². The minimum absolute atomic E-state index is 0.174. The fraction of sp³-hybridized carbons (Fsp3) is 0.226. The Morgan fingerprint density at radius 1 is 0.878 bits per heavy atom. The van der Waals surface area contributed by atoms with Crippen LogP contribution in [0.3, 0.4) is 0 Å². The van der Waals surface area contributed by atoms with E-state index in [9.17, 15) is 4.79 Å². The van der Waals surface area contributed by atoms with Gasteiger partial charge >= 0.3 is 6.09 Å². The Bertz CT molecular complexity index is 1620. The minimum Gasteiger partial charge on any atom is -0.490 e. The Balaban J connectivity index is 1.49. The molecule has 0 saturated carbocycles. The van der Waals surface area contributed by atoms with E-state index in [-0.39, 0.29) is 6.10 Å². The Labute approximate surface area is 242 Å². The minimum atomic E-state index is -0.623. The molecule has 0 saturated heterocycles. The van der Waals surface area contributed by atoms with Crippen LogP contribution < -0.4 is 14.8 Å². The molecule has 2 aromatic carbocycles. The monoisotopic (exact) mass is 566 g/mol. The second-order valence-corrected chi connectivity index (χ2v) is 10.4. The first kappa shape index (κ1) is 27.9. The molecule has 3 heterocycles. The first-order chi connectivity index (χ1) is 19.9. The molecule has 0 unspecified atom stereocenters. The summed E-state index contributed by atoms with van der Waals surface area (Å²) >= 11 is 1.29. The van der Waals surface area contributed by atoms with E-state index in [2.05, 4.69) is 60.1 Å². The smallest absolute Gasteiger partial charge is 0.418 e. The SMILES string of the molecule is CCC(CC)Oc1cc(C)c(-c2cc(-c3cnc(NC(=O)Oc4ccccc4)s3)nc(-c3cnccn3)n2)c(C)c1. The van der Waals surface area contributed by atoms with Crippen LogP contribution in [0.15, 0.2) is 73.3 Å². The van der Waals surface area contributed by atoms with Gasteiger partial charge in [-0.3, -0.25) is 10.3 Å². The predicted octanol–water partition coefficient (Wildman–Crippen LogP) is 7.52. The maximum absolute atomic E-state index is 12.4. The lowest BCUT2D eigenvalue weighted by Gasteiger charge is -2.19. The standard InChI is InChI=1S/C31H30N6O3S/c1-5-21(6-2)39-23-14-19(3)28(20(4)15-23)25-16-24(35-29(36-25)26-17-32-12-13-33-26)27-18-34-30(41-27)37-31(38)40-22-10-8-7-9-11-22/h7-18,21H,5-6H2,1-4H3,(H,34,37,38). The van der Waals surface area contributed by atoms with E-state index in [1.807, 2.05) is 12.1 Å². The van der Waals surface area contributed by atoms with Gasteiger partial charge in [0, 0.05) is 24.2 Å². The highest BCUT2D eigenvalue weighted by Crippen LogP contribution is 2.35. The molecule has 0 bridgehead atoms. The molecule has 0 radical (unpaired) electrons. The number of carbonyl (C=O) groups excluding carboxylic acids is 1. The zero-order valence-corrected chi connectivity index (χ0v) is 24.1. The van der Waals surface area contributed by atoms with Gasteiger partial charge in [0.1, 0.15) is 17.2 Å². The van der Waals surface area contributed by atoms with Crippen LogP contribution >= 0.6 is 11.3 Å². The molecular weight excluding hydrogens is 536 g/mol. The van der Waals surface area contributed by atoms with Gasteiger partial charge in [0.05, 0.1) is 28.6 Å². The largest absolute Gasteiger partial charge is 0.490 e. The van der Waals surface area contributed by atoms with Crippen LogP contribution in [0.5, 0.6) is 11.5 Å². The van der Waals surface area contributed by atoms with E-state index < -0.39 is 6.09 Å². The van der Waals surface area contributed by atoms with Crippen molar-refractivity contribution in [3.05, 3.63) is 84.4 Å². The van der Waals surface area contributed by atoms with Crippen molar-refractivity contribution in [1.29, 1.82) is 0 Å². The summed E-state index contributed by atoms with van der Waals surface area (Å²) in [6.07, 6.45) is 7.96. The number of aryl methyl sites for hydroxylation is 2. The highest BCUT2D eigenvalue weighted by molar-refractivity contribution is 7.19. The van der Waals surface area contributed by atoms with Gasteiger partial charge in [-0.1, -0.05) is 43.4 Å². The van der Waals surface area contributed by atoms with Crippen LogP contribution in [-0.4, -0.2) is 37.1 Å². The summed E-state index contributed by atoms with van der Waals surface area (Å²) in [6.45, 7) is 8.37. The number of nitrogens with one attached hydrogen (secondary N) is 1. The number of benzene rings is 2. The molecule has 0 aliphatic rings. The molecule has 0 atom stereocenters. The second kappa shape index (κ2) is 12.6. The fourth-order valence-corrected chi connectivity index (χ4v) is 5.20. The molecule has 5 rings (SSSR count). The lowest BCUT2D eigenvalue weighted by molar-refractivity contribution is 0.192. The molecule has 0 spiro atoms. The van der Waals surface area contributed by atoms with Gasteiger partial charge in [-0.25, -0.2) is 24.7 Å². The molecule has 208 valence electrons. The quantitative estimate of drug-likeness (QED) is 0.195. The maximum atomic E-state index is 12.4. The summed E-state index contributed by atoms with van der Waals surface area (Å²) < 4.78 is 11.5. The summed E-state index contributed by atoms with van der Waals surface area (Å²) in [5.41, 5.74) is 5.01. The number of ether oxygens (including phenoxy) is 2. The van der Waals surface area contributed by atoms with Crippen molar-refractivity contribution in [1.82, 2.24) is 24.9 Å². The van der Waals surface area contributed by atoms with Crippen molar-refractivity contribution in [2.45, 2.75) is 46.6 Å². The normalized spacial score (nSPS) is 11.0. The van der Waals surface area contributed by atoms with Gasteiger partial charge in [-0.05, 0) is 68.1 Å². The van der Waals surface area contributed by atoms with Crippen LogP contribution in [0, 0.1) is 13.8 Å². The average molecular weight is 567 g/mol. The maximum Gasteiger partial charge on any atom is 0.418 e. The Morgan fingerprint density at radius 3 is 2.29 bits per heavy atom. The van der Waals surface area contributed by atoms with Crippen molar-refractivity contribution < 1.29 is 14.3 Å². The van der Waals surface area contributed by atoms with Crippen molar-refractivity contribution >= 4 is 22.6 Å². The molecule has 10 heteroatoms. The third kappa shape index (κ3) is 6.72. The third-order valence-corrected chi connectivity index (χ3v) is 7.35. The molecule has 1 amide bonds. The zero-order chi connectivity index (χ0) is 28.8. The lowest BCUT2D eigenvalue weighted by atomic mass is 9.98. The number of para-hydroxylation sites is 1. The molecule has 3 aromatic heterocycles. The van der Waals surface area contributed by atoms with Crippen LogP contribution in [0.2, 0.25) is 0 Å². The lowest BCUT2D eigenvalue weighted by Crippen LogP contribution is -2.16. The molecule has 0 aliphatic heterocycles. The van der Waals surface area contributed by atoms with E-state index in [1.165, 1.54) is 11.3 Å². The molecule has 0 fully saturated rings. The summed E-state index contributed by atoms with van der Waals surface area (Å²) in [5, 5.41) is 3.08. The number of thiazole rings is 1. The molecule has 0 aliphatic carbocycles. The van der Waals surface area contributed by atoms with Crippen molar-refractivity contribution in [3.8, 4) is 44.8 Å². The number of amides is 1. The Hall–Kier alpha value is -4.70. The number of rotatable bonds is 9. The van der Waals surface area contributed by atoms with E-state index >= 15 is 0 Å². The molecule has 5 aromatic rings.